The number of benzene rings is 1. The molecule has 0 spiro atoms. The Morgan fingerprint density at radius 2 is 1.95 bits per heavy atom. The van der Waals surface area contributed by atoms with Gasteiger partial charge in [-0.05, 0) is 38.3 Å². The summed E-state index contributed by atoms with van der Waals surface area (Å²) < 4.78 is 51.0. The first kappa shape index (κ1) is 29.6. The zero-order valence-corrected chi connectivity index (χ0v) is 22.0. The molecule has 2 aromatic rings. The molecule has 0 unspecified atom stereocenters. The van der Waals surface area contributed by atoms with Crippen molar-refractivity contribution in [3.63, 3.8) is 0 Å². The summed E-state index contributed by atoms with van der Waals surface area (Å²) in [4.78, 5) is 20.6. The minimum atomic E-state index is -4.32. The Kier molecular flexibility index (Phi) is 11.3. The predicted molar refractivity (Wildman–Crippen MR) is 142 cm³/mol. The number of nitrogens with one attached hydrogen (secondary N) is 3. The van der Waals surface area contributed by atoms with Crippen LogP contribution in [0.4, 0.5) is 10.1 Å². The Morgan fingerprint density at radius 1 is 1.24 bits per heavy atom. The maximum absolute atomic E-state index is 14.6. The first-order valence-electron chi connectivity index (χ1n) is 11.7. The number of hydrogen-bond acceptors (Lipinski definition) is 6. The molecular formula is C25H33FN6O4S. The van der Waals surface area contributed by atoms with Crippen molar-refractivity contribution in [1.82, 2.24) is 20.8 Å². The second kappa shape index (κ2) is 14.2. The highest BCUT2D eigenvalue weighted by Crippen LogP contribution is 2.26. The zero-order chi connectivity index (χ0) is 27.4. The van der Waals surface area contributed by atoms with E-state index < -0.39 is 39.1 Å². The van der Waals surface area contributed by atoms with Crippen molar-refractivity contribution in [2.75, 3.05) is 11.9 Å². The quantitative estimate of drug-likeness (QED) is 0.163. The fourth-order valence-electron chi connectivity index (χ4n) is 3.04. The van der Waals surface area contributed by atoms with E-state index >= 15 is 0 Å². The molecule has 0 aliphatic carbocycles. The molecule has 0 radical (unpaired) electrons. The molecule has 2 rings (SSSR count). The lowest BCUT2D eigenvalue weighted by atomic mass is 10.1. The van der Waals surface area contributed by atoms with Gasteiger partial charge in [-0.15, -0.1) is 11.0 Å². The number of carbonyl (C=O) groups excluding carboxylic acids is 1. The molecule has 10 nitrogen and oxygen atoms in total. The topological polar surface area (TPSA) is 135 Å². The molecule has 1 aromatic heterocycles. The van der Waals surface area contributed by atoms with Crippen LogP contribution in [-0.2, 0) is 19.6 Å². The fourth-order valence-corrected chi connectivity index (χ4v) is 4.07. The number of guanidine groups is 1. The van der Waals surface area contributed by atoms with E-state index in [1.54, 1.807) is 24.5 Å². The van der Waals surface area contributed by atoms with Gasteiger partial charge < -0.3 is 10.1 Å². The second-order valence-electron chi connectivity index (χ2n) is 8.10. The third-order valence-electron chi connectivity index (χ3n) is 5.08. The normalized spacial score (nSPS) is 13.4. The van der Waals surface area contributed by atoms with Gasteiger partial charge in [0.2, 0.25) is 11.9 Å². The van der Waals surface area contributed by atoms with Gasteiger partial charge in [-0.3, -0.25) is 15.6 Å². The molecule has 200 valence electrons. The van der Waals surface area contributed by atoms with Gasteiger partial charge >= 0.3 is 0 Å². The highest BCUT2D eigenvalue weighted by molar-refractivity contribution is 7.90. The number of para-hydroxylation sites is 1. The van der Waals surface area contributed by atoms with E-state index in [0.29, 0.717) is 18.4 Å². The average Bonchev–Trinajstić information content (AvgIpc) is 2.87. The summed E-state index contributed by atoms with van der Waals surface area (Å²) in [7, 11) is -4.32. The first-order valence-corrected chi connectivity index (χ1v) is 13.2. The third-order valence-corrected chi connectivity index (χ3v) is 6.70. The van der Waals surface area contributed by atoms with Crippen LogP contribution in [0.2, 0.25) is 0 Å². The van der Waals surface area contributed by atoms with E-state index in [9.17, 15) is 17.6 Å². The van der Waals surface area contributed by atoms with Gasteiger partial charge in [0.25, 0.3) is 10.0 Å². The van der Waals surface area contributed by atoms with Gasteiger partial charge in [-0.25, -0.2) is 22.8 Å². The van der Waals surface area contributed by atoms with Crippen LogP contribution in [0.25, 0.3) is 6.08 Å². The predicted octanol–water partition coefficient (Wildman–Crippen LogP) is 3.81. The van der Waals surface area contributed by atoms with Crippen molar-refractivity contribution in [2.24, 2.45) is 4.40 Å². The number of halogens is 1. The number of ether oxygens (including phenoxy) is 1. The molecule has 1 aromatic carbocycles. The minimum absolute atomic E-state index is 0.0763. The maximum Gasteiger partial charge on any atom is 0.262 e. The monoisotopic (exact) mass is 532 g/mol. The van der Waals surface area contributed by atoms with Gasteiger partial charge in [0.15, 0.2) is 5.82 Å². The molecule has 0 saturated carbocycles. The Balaban J connectivity index is 2.45. The summed E-state index contributed by atoms with van der Waals surface area (Å²) in [6, 6.07) is 4.25. The number of aryl methyl sites for hydroxylation is 1. The van der Waals surface area contributed by atoms with Gasteiger partial charge in [0.1, 0.15) is 17.2 Å². The first-order chi connectivity index (χ1) is 17.6. The zero-order valence-electron chi connectivity index (χ0n) is 21.2. The van der Waals surface area contributed by atoms with Crippen molar-refractivity contribution < 1.29 is 22.3 Å². The summed E-state index contributed by atoms with van der Waals surface area (Å²) >= 11 is 0. The second-order valence-corrected chi connectivity index (χ2v) is 10.1. The van der Waals surface area contributed by atoms with Crippen LogP contribution in [-0.4, -0.2) is 42.1 Å². The van der Waals surface area contributed by atoms with Crippen molar-refractivity contribution in [3.8, 4) is 0 Å². The van der Waals surface area contributed by atoms with Crippen molar-refractivity contribution in [2.45, 2.75) is 51.4 Å². The highest BCUT2D eigenvalue weighted by Gasteiger charge is 2.34. The van der Waals surface area contributed by atoms with Crippen LogP contribution in [0.5, 0.6) is 0 Å². The van der Waals surface area contributed by atoms with E-state index in [-0.39, 0.29) is 24.5 Å². The lowest BCUT2D eigenvalue weighted by molar-refractivity contribution is -0.121. The van der Waals surface area contributed by atoms with Crippen LogP contribution in [0.15, 0.2) is 54.2 Å². The molecule has 0 bridgehead atoms. The molecule has 0 saturated heterocycles. The lowest BCUT2D eigenvalue weighted by Gasteiger charge is -2.22. The molecule has 0 fully saturated rings. The van der Waals surface area contributed by atoms with E-state index in [0.717, 1.165) is 5.56 Å². The number of anilines is 1. The molecule has 12 heteroatoms. The standard InChI is InChI=1S/C25H33FN6O4S/c1-6-9-13-21(33)30-31-25(29-22-19(8-3)11-10-12-20(22)26)32-37(34,35)18(5)23(36-14-7-2)24-27-15-17(4)16-28-24/h6,8,10-12,15-16,18,23H,1,3,7,9,13-14H2,2,4-5H3,(H,30,33)(H2,29,31,32)/t18-,23+/m0/s1. The number of rotatable bonds is 12. The number of aromatic nitrogens is 2. The number of allylic oxidation sites excluding steroid dienone is 1. The van der Waals surface area contributed by atoms with Crippen LogP contribution in [0, 0.1) is 12.7 Å². The smallest absolute Gasteiger partial charge is 0.262 e. The highest BCUT2D eigenvalue weighted by atomic mass is 32.2. The molecular weight excluding hydrogens is 499 g/mol. The summed E-state index contributed by atoms with van der Waals surface area (Å²) in [6.07, 6.45) is 6.22. The molecule has 1 heterocycles. The van der Waals surface area contributed by atoms with Crippen molar-refractivity contribution >= 4 is 33.7 Å². The Labute approximate surface area is 217 Å². The van der Waals surface area contributed by atoms with Crippen LogP contribution in [0.1, 0.15) is 56.2 Å². The molecule has 2 atom stereocenters. The number of nitrogens with zero attached hydrogens (tertiary/aromatic N) is 3. The lowest BCUT2D eigenvalue weighted by Crippen LogP contribution is -2.46. The Bertz CT molecular complexity index is 1220. The van der Waals surface area contributed by atoms with Gasteiger partial charge in [0.05, 0.1) is 5.69 Å². The van der Waals surface area contributed by atoms with E-state index in [1.807, 2.05) is 13.8 Å². The fraction of sp³-hybridized carbons (Fsp3) is 0.360. The van der Waals surface area contributed by atoms with E-state index in [2.05, 4.69) is 43.7 Å². The molecule has 3 N–H and O–H groups in total. The number of sulfonamides is 1. The van der Waals surface area contributed by atoms with Gasteiger partial charge in [-0.1, -0.05) is 37.8 Å². The Hall–Kier alpha value is -3.64. The molecule has 1 amide bonds. The van der Waals surface area contributed by atoms with Crippen molar-refractivity contribution in [3.05, 3.63) is 72.6 Å². The van der Waals surface area contributed by atoms with Crippen LogP contribution in [0.3, 0.4) is 0 Å². The maximum atomic E-state index is 14.6. The van der Waals surface area contributed by atoms with Crippen molar-refractivity contribution in [1.29, 1.82) is 0 Å². The Morgan fingerprint density at radius 3 is 2.57 bits per heavy atom. The number of amides is 1. The number of hydrogen-bond donors (Lipinski definition) is 3. The largest absolute Gasteiger partial charge is 0.369 e. The molecule has 0 aliphatic rings. The summed E-state index contributed by atoms with van der Waals surface area (Å²) in [5.74, 6) is -1.36. The van der Waals surface area contributed by atoms with Crippen LogP contribution < -0.4 is 16.2 Å². The summed E-state index contributed by atoms with van der Waals surface area (Å²) in [5, 5.41) is 1.40. The summed E-state index contributed by atoms with van der Waals surface area (Å²) in [5.41, 5.74) is 5.89. The van der Waals surface area contributed by atoms with E-state index in [4.69, 9.17) is 4.74 Å². The number of hydrazine groups is 1. The SMILES string of the molecule is C=CCCC(=O)NNC(=NS(=O)(=O)[C@@H](C)[C@@H](OCCC)c1ncc(C)cn1)Nc1c(F)cccc1C=C. The van der Waals surface area contributed by atoms with E-state index in [1.165, 1.54) is 25.1 Å². The number of carbonyl (C=O) groups is 1. The van der Waals surface area contributed by atoms with Crippen LogP contribution >= 0.6 is 0 Å². The average molecular weight is 533 g/mol. The molecule has 37 heavy (non-hydrogen) atoms. The van der Waals surface area contributed by atoms with Gasteiger partial charge in [0, 0.05) is 31.0 Å². The van der Waals surface area contributed by atoms with Gasteiger partial charge in [-0.2, -0.15) is 0 Å². The minimum Gasteiger partial charge on any atom is -0.369 e. The molecule has 0 aliphatic heterocycles. The summed E-state index contributed by atoms with van der Waals surface area (Å²) in [6.45, 7) is 12.6. The third kappa shape index (κ3) is 8.76.